The average Bonchev–Trinajstić information content (AvgIpc) is 3.16. The van der Waals surface area contributed by atoms with Crippen molar-refractivity contribution in [3.05, 3.63) is 71.9 Å². The third kappa shape index (κ3) is 2.04. The van der Waals surface area contributed by atoms with Crippen LogP contribution in [0.5, 0.6) is 0 Å². The van der Waals surface area contributed by atoms with Gasteiger partial charge >= 0.3 is 0 Å². The molecule has 134 valence electrons. The number of carbonyl (C=O) groups is 3. The van der Waals surface area contributed by atoms with Crippen molar-refractivity contribution in [3.63, 3.8) is 0 Å². The zero-order valence-electron chi connectivity index (χ0n) is 14.4. The van der Waals surface area contributed by atoms with Crippen molar-refractivity contribution in [2.24, 2.45) is 17.6 Å². The van der Waals surface area contributed by atoms with Gasteiger partial charge in [0.1, 0.15) is 6.04 Å². The fourth-order valence-electron chi connectivity index (χ4n) is 4.71. The molecule has 2 saturated heterocycles. The molecule has 3 heterocycles. The van der Waals surface area contributed by atoms with Crippen LogP contribution in [0.4, 0.5) is 5.69 Å². The summed E-state index contributed by atoms with van der Waals surface area (Å²) in [7, 11) is 0. The van der Waals surface area contributed by atoms with Crippen LogP contribution >= 0.6 is 0 Å². The van der Waals surface area contributed by atoms with Gasteiger partial charge in [-0.3, -0.25) is 14.4 Å². The number of imide groups is 1. The molecule has 3 amide bonds. The van der Waals surface area contributed by atoms with Crippen molar-refractivity contribution in [2.75, 3.05) is 4.90 Å². The van der Waals surface area contributed by atoms with E-state index < -0.39 is 23.8 Å². The second kappa shape index (κ2) is 5.54. The summed E-state index contributed by atoms with van der Waals surface area (Å²) in [5, 5.41) is 0. The molecule has 27 heavy (non-hydrogen) atoms. The maximum atomic E-state index is 13.3. The lowest BCUT2D eigenvalue weighted by Crippen LogP contribution is -2.46. The number of amides is 3. The molecule has 4 atom stereocenters. The number of rotatable bonds is 2. The molecule has 0 aliphatic carbocycles. The first-order chi connectivity index (χ1) is 13.1. The molecule has 6 heteroatoms. The third-order valence-electron chi connectivity index (χ3n) is 5.77. The number of fused-ring (bicyclic) bond motifs is 5. The molecule has 0 radical (unpaired) electrons. The predicted octanol–water partition coefficient (Wildman–Crippen LogP) is 1.69. The molecule has 2 fully saturated rings. The Morgan fingerprint density at radius 2 is 1.56 bits per heavy atom. The molecule has 5 rings (SSSR count). The van der Waals surface area contributed by atoms with Crippen LogP contribution < -0.4 is 10.6 Å². The Labute approximate surface area is 155 Å². The van der Waals surface area contributed by atoms with E-state index in [2.05, 4.69) is 0 Å². The summed E-state index contributed by atoms with van der Waals surface area (Å²) in [6.45, 7) is 0. The van der Waals surface area contributed by atoms with Crippen LogP contribution in [0.3, 0.4) is 0 Å². The van der Waals surface area contributed by atoms with Crippen molar-refractivity contribution < 1.29 is 14.4 Å². The van der Waals surface area contributed by atoms with Gasteiger partial charge in [0.15, 0.2) is 0 Å². The normalized spacial score (nSPS) is 28.1. The highest BCUT2D eigenvalue weighted by atomic mass is 16.2. The molecule has 2 N–H and O–H groups in total. The summed E-state index contributed by atoms with van der Waals surface area (Å²) in [5.41, 5.74) is 8.13. The van der Waals surface area contributed by atoms with Gasteiger partial charge in [0, 0.05) is 6.20 Å². The van der Waals surface area contributed by atoms with Crippen LogP contribution in [0, 0.1) is 11.8 Å². The SMILES string of the molecule is NC(=O)[C@@H]1[C@H]2C(=O)N(c3ccccc3)C(=O)[C@H]2[C@@H]2c3ccccc3C=CN12. The molecule has 2 aromatic rings. The molecule has 0 bridgehead atoms. The number of hydrogen-bond acceptors (Lipinski definition) is 4. The van der Waals surface area contributed by atoms with Gasteiger partial charge in [-0.25, -0.2) is 4.90 Å². The van der Waals surface area contributed by atoms with E-state index in [1.54, 1.807) is 35.4 Å². The first-order valence-corrected chi connectivity index (χ1v) is 8.86. The maximum Gasteiger partial charge on any atom is 0.240 e. The van der Waals surface area contributed by atoms with E-state index in [1.165, 1.54) is 4.90 Å². The number of carbonyl (C=O) groups excluding carboxylic acids is 3. The summed E-state index contributed by atoms with van der Waals surface area (Å²) in [6, 6.07) is 15.4. The van der Waals surface area contributed by atoms with Gasteiger partial charge in [0.2, 0.25) is 17.7 Å². The van der Waals surface area contributed by atoms with Gasteiger partial charge in [-0.05, 0) is 29.3 Å². The zero-order chi connectivity index (χ0) is 18.7. The Morgan fingerprint density at radius 3 is 2.30 bits per heavy atom. The van der Waals surface area contributed by atoms with E-state index in [9.17, 15) is 14.4 Å². The monoisotopic (exact) mass is 359 g/mol. The van der Waals surface area contributed by atoms with Crippen molar-refractivity contribution in [2.45, 2.75) is 12.1 Å². The molecule has 0 spiro atoms. The van der Waals surface area contributed by atoms with Crippen LogP contribution in [-0.4, -0.2) is 28.7 Å². The van der Waals surface area contributed by atoms with Gasteiger partial charge in [-0.1, -0.05) is 42.5 Å². The van der Waals surface area contributed by atoms with Crippen LogP contribution in [0.25, 0.3) is 6.08 Å². The Morgan fingerprint density at radius 1 is 0.889 bits per heavy atom. The van der Waals surface area contributed by atoms with Crippen LogP contribution in [0.2, 0.25) is 0 Å². The van der Waals surface area contributed by atoms with Crippen molar-refractivity contribution in [3.8, 4) is 0 Å². The maximum absolute atomic E-state index is 13.3. The number of anilines is 1. The van der Waals surface area contributed by atoms with Crippen molar-refractivity contribution >= 4 is 29.5 Å². The molecular formula is C21H17N3O3. The molecule has 3 aliphatic rings. The summed E-state index contributed by atoms with van der Waals surface area (Å²) < 4.78 is 0. The van der Waals surface area contributed by atoms with Gasteiger partial charge in [-0.15, -0.1) is 0 Å². The quantitative estimate of drug-likeness (QED) is 0.827. The average molecular weight is 359 g/mol. The summed E-state index contributed by atoms with van der Waals surface area (Å²) in [4.78, 5) is 41.8. The van der Waals surface area contributed by atoms with E-state index in [4.69, 9.17) is 5.73 Å². The molecule has 0 unspecified atom stereocenters. The number of para-hydroxylation sites is 1. The standard InChI is InChI=1S/C21H17N3O3/c22-19(25)18-16-15(17-14-9-5-4-6-12(14)10-11-23(17)18)20(26)24(21(16)27)13-7-2-1-3-8-13/h1-11,15-18H,(H2,22,25)/t15-,16+,17+,18+/m1/s1. The van der Waals surface area contributed by atoms with Gasteiger partial charge in [0.05, 0.1) is 23.6 Å². The second-order valence-corrected chi connectivity index (χ2v) is 7.08. The summed E-state index contributed by atoms with van der Waals surface area (Å²) >= 11 is 0. The number of hydrogen-bond donors (Lipinski definition) is 1. The molecule has 2 aromatic carbocycles. The molecule has 0 saturated carbocycles. The Balaban J connectivity index is 1.67. The van der Waals surface area contributed by atoms with E-state index in [-0.39, 0.29) is 17.9 Å². The zero-order valence-corrected chi connectivity index (χ0v) is 14.4. The molecule has 0 aromatic heterocycles. The van der Waals surface area contributed by atoms with E-state index >= 15 is 0 Å². The Hall–Kier alpha value is -3.41. The minimum absolute atomic E-state index is 0.278. The first kappa shape index (κ1) is 15.8. The largest absolute Gasteiger partial charge is 0.368 e. The fourth-order valence-corrected chi connectivity index (χ4v) is 4.71. The van der Waals surface area contributed by atoms with Crippen LogP contribution in [0.15, 0.2) is 60.8 Å². The topological polar surface area (TPSA) is 83.7 Å². The van der Waals surface area contributed by atoms with Crippen molar-refractivity contribution in [1.29, 1.82) is 0 Å². The van der Waals surface area contributed by atoms with Gasteiger partial charge in [0.25, 0.3) is 0 Å². The first-order valence-electron chi connectivity index (χ1n) is 8.86. The highest BCUT2D eigenvalue weighted by Crippen LogP contribution is 2.52. The Bertz CT molecular complexity index is 1000. The summed E-state index contributed by atoms with van der Waals surface area (Å²) in [6.07, 6.45) is 3.68. The number of nitrogens with zero attached hydrogens (tertiary/aromatic N) is 2. The molecule has 3 aliphatic heterocycles. The lowest BCUT2D eigenvalue weighted by molar-refractivity contribution is -0.129. The number of primary amides is 1. The molecular weight excluding hydrogens is 342 g/mol. The lowest BCUT2D eigenvalue weighted by atomic mass is 9.84. The van der Waals surface area contributed by atoms with Crippen molar-refractivity contribution in [1.82, 2.24) is 4.90 Å². The smallest absolute Gasteiger partial charge is 0.240 e. The van der Waals surface area contributed by atoms with Gasteiger partial charge in [-0.2, -0.15) is 0 Å². The van der Waals surface area contributed by atoms with Gasteiger partial charge < -0.3 is 10.6 Å². The minimum atomic E-state index is -0.838. The molecule has 6 nitrogen and oxygen atoms in total. The second-order valence-electron chi connectivity index (χ2n) is 7.08. The lowest BCUT2D eigenvalue weighted by Gasteiger charge is -2.34. The fraction of sp³-hybridized carbons (Fsp3) is 0.190. The summed E-state index contributed by atoms with van der Waals surface area (Å²) in [5.74, 6) is -2.65. The van der Waals surface area contributed by atoms with Crippen LogP contribution in [0.1, 0.15) is 17.2 Å². The predicted molar refractivity (Wildman–Crippen MR) is 99.0 cm³/mol. The van der Waals surface area contributed by atoms with E-state index in [1.807, 2.05) is 36.4 Å². The highest BCUT2D eigenvalue weighted by Gasteiger charge is 2.64. The third-order valence-corrected chi connectivity index (χ3v) is 5.77. The highest BCUT2D eigenvalue weighted by molar-refractivity contribution is 6.24. The Kier molecular flexibility index (Phi) is 3.25. The van der Waals surface area contributed by atoms with E-state index in [0.717, 1.165) is 11.1 Å². The van der Waals surface area contributed by atoms with E-state index in [0.29, 0.717) is 5.69 Å². The number of nitrogens with two attached hydrogens (primary N) is 1. The number of benzene rings is 2. The minimum Gasteiger partial charge on any atom is -0.368 e. The van der Waals surface area contributed by atoms with Crippen LogP contribution in [-0.2, 0) is 14.4 Å².